The Morgan fingerprint density at radius 2 is 1.84 bits per heavy atom. The normalized spacial score (nSPS) is 11.2. The average Bonchev–Trinajstić information content (AvgIpc) is 2.46. The molecule has 0 radical (unpaired) electrons. The molecular formula is C14H14N2O3. The fraction of sp³-hybridized carbons (Fsp3) is 0.286. The Morgan fingerprint density at radius 1 is 1.21 bits per heavy atom. The van der Waals surface area contributed by atoms with Crippen molar-refractivity contribution in [2.24, 2.45) is 5.92 Å². The molecule has 0 spiro atoms. The summed E-state index contributed by atoms with van der Waals surface area (Å²) in [7, 11) is 1.36. The van der Waals surface area contributed by atoms with Crippen molar-refractivity contribution >= 4 is 17.5 Å². The first-order valence-electron chi connectivity index (χ1n) is 5.82. The maximum Gasteiger partial charge on any atom is 0.244 e. The summed E-state index contributed by atoms with van der Waals surface area (Å²) >= 11 is 0. The zero-order valence-electron chi connectivity index (χ0n) is 10.6. The van der Waals surface area contributed by atoms with Gasteiger partial charge in [-0.05, 0) is 0 Å². The second kappa shape index (κ2) is 7.07. The summed E-state index contributed by atoms with van der Waals surface area (Å²) in [5.41, 5.74) is 0.517. The van der Waals surface area contributed by atoms with Gasteiger partial charge in [-0.2, -0.15) is 5.26 Å². The molecule has 98 valence electrons. The van der Waals surface area contributed by atoms with Gasteiger partial charge < -0.3 is 5.32 Å². The van der Waals surface area contributed by atoms with Crippen LogP contribution >= 0.6 is 0 Å². The van der Waals surface area contributed by atoms with Crippen LogP contribution in [0.3, 0.4) is 0 Å². The Labute approximate surface area is 111 Å². The van der Waals surface area contributed by atoms with Gasteiger partial charge >= 0.3 is 0 Å². The molecule has 0 bridgehead atoms. The molecule has 1 rings (SSSR count). The van der Waals surface area contributed by atoms with Crippen molar-refractivity contribution < 1.29 is 14.4 Å². The third-order valence-corrected chi connectivity index (χ3v) is 2.65. The molecule has 1 unspecified atom stereocenters. The Morgan fingerprint density at radius 3 is 2.37 bits per heavy atom. The maximum absolute atomic E-state index is 11.8. The van der Waals surface area contributed by atoms with E-state index in [0.717, 1.165) is 0 Å². The molecule has 0 heterocycles. The summed E-state index contributed by atoms with van der Waals surface area (Å²) in [6.07, 6.45) is -0.114. The molecule has 5 heteroatoms. The fourth-order valence-corrected chi connectivity index (χ4v) is 1.57. The van der Waals surface area contributed by atoms with Crippen LogP contribution in [0.25, 0.3) is 0 Å². The summed E-state index contributed by atoms with van der Waals surface area (Å²) < 4.78 is 0. The van der Waals surface area contributed by atoms with Gasteiger partial charge in [0, 0.05) is 25.5 Å². The molecule has 5 nitrogen and oxygen atoms in total. The number of nitrogens with zero attached hydrogens (tertiary/aromatic N) is 1. The van der Waals surface area contributed by atoms with Gasteiger partial charge in [0.25, 0.3) is 0 Å². The summed E-state index contributed by atoms with van der Waals surface area (Å²) in [5, 5.41) is 11.0. The van der Waals surface area contributed by atoms with Gasteiger partial charge in [-0.15, -0.1) is 0 Å². The Bertz CT molecular complexity index is 517. The van der Waals surface area contributed by atoms with E-state index in [-0.39, 0.29) is 18.6 Å². The molecule has 0 aliphatic rings. The first-order chi connectivity index (χ1) is 9.10. The number of amides is 1. The molecule has 19 heavy (non-hydrogen) atoms. The summed E-state index contributed by atoms with van der Waals surface area (Å²) in [5.74, 6) is -2.69. The smallest absolute Gasteiger partial charge is 0.244 e. The highest BCUT2D eigenvalue weighted by Gasteiger charge is 2.25. The lowest BCUT2D eigenvalue weighted by atomic mass is 9.98. The van der Waals surface area contributed by atoms with Gasteiger partial charge in [0.2, 0.25) is 5.91 Å². The Balaban J connectivity index is 2.58. The quantitative estimate of drug-likeness (QED) is 0.611. The molecule has 1 amide bonds. The van der Waals surface area contributed by atoms with E-state index in [9.17, 15) is 14.4 Å². The minimum atomic E-state index is -1.34. The van der Waals surface area contributed by atoms with E-state index in [0.29, 0.717) is 5.56 Å². The zero-order chi connectivity index (χ0) is 14.3. The molecule has 0 aliphatic heterocycles. The van der Waals surface area contributed by atoms with Crippen LogP contribution in [0.1, 0.15) is 23.2 Å². The van der Waals surface area contributed by atoms with Crippen molar-refractivity contribution in [3.05, 3.63) is 35.9 Å². The number of hydrogen-bond acceptors (Lipinski definition) is 4. The van der Waals surface area contributed by atoms with Gasteiger partial charge in [-0.3, -0.25) is 14.4 Å². The van der Waals surface area contributed by atoms with Gasteiger partial charge in [-0.25, -0.2) is 0 Å². The van der Waals surface area contributed by atoms with Gasteiger partial charge in [0.1, 0.15) is 0 Å². The number of ketones is 2. The number of rotatable bonds is 6. The number of Topliss-reactive ketones (excluding diaryl/α,β-unsaturated/α-hetero) is 2. The topological polar surface area (TPSA) is 87.0 Å². The Kier molecular flexibility index (Phi) is 5.42. The standard InChI is InChI=1S/C14H14N2O3/c1-16-14(19)11(9-15)13(18)8-7-12(17)10-5-3-2-4-6-10/h2-6,11H,7-8H2,1H3,(H,16,19). The highest BCUT2D eigenvalue weighted by molar-refractivity contribution is 6.06. The lowest BCUT2D eigenvalue weighted by Gasteiger charge is -2.06. The molecule has 0 fully saturated rings. The van der Waals surface area contributed by atoms with Crippen LogP contribution in [0.2, 0.25) is 0 Å². The van der Waals surface area contributed by atoms with Crippen molar-refractivity contribution in [3.63, 3.8) is 0 Å². The second-order valence-electron chi connectivity index (χ2n) is 3.93. The highest BCUT2D eigenvalue weighted by atomic mass is 16.2. The van der Waals surface area contributed by atoms with Crippen LogP contribution in [0, 0.1) is 17.2 Å². The summed E-state index contributed by atoms with van der Waals surface area (Å²) in [6, 6.07) is 10.2. The van der Waals surface area contributed by atoms with Crippen LogP contribution in [0.5, 0.6) is 0 Å². The van der Waals surface area contributed by atoms with E-state index in [1.165, 1.54) is 7.05 Å². The predicted molar refractivity (Wildman–Crippen MR) is 68.2 cm³/mol. The zero-order valence-corrected chi connectivity index (χ0v) is 10.6. The first kappa shape index (κ1) is 14.6. The Hall–Kier alpha value is -2.48. The summed E-state index contributed by atoms with van der Waals surface area (Å²) in [4.78, 5) is 34.7. The van der Waals surface area contributed by atoms with Crippen LogP contribution in [0.4, 0.5) is 0 Å². The average molecular weight is 258 g/mol. The molecule has 0 saturated heterocycles. The number of hydrogen-bond donors (Lipinski definition) is 1. The molecule has 1 atom stereocenters. The lowest BCUT2D eigenvalue weighted by molar-refractivity contribution is -0.131. The molecule has 0 aromatic heterocycles. The predicted octanol–water partition coefficient (Wildman–Crippen LogP) is 1.10. The number of carbonyl (C=O) groups is 3. The van der Waals surface area contributed by atoms with Crippen molar-refractivity contribution in [2.75, 3.05) is 7.05 Å². The third kappa shape index (κ3) is 4.03. The summed E-state index contributed by atoms with van der Waals surface area (Å²) in [6.45, 7) is 0. The van der Waals surface area contributed by atoms with Crippen molar-refractivity contribution in [2.45, 2.75) is 12.8 Å². The van der Waals surface area contributed by atoms with E-state index in [1.54, 1.807) is 36.4 Å². The second-order valence-corrected chi connectivity index (χ2v) is 3.93. The van der Waals surface area contributed by atoms with E-state index in [1.807, 2.05) is 0 Å². The number of nitrogens with one attached hydrogen (secondary N) is 1. The molecule has 1 N–H and O–H groups in total. The maximum atomic E-state index is 11.8. The van der Waals surface area contributed by atoms with E-state index in [2.05, 4.69) is 5.32 Å². The number of nitriles is 1. The molecule has 0 saturated carbocycles. The van der Waals surface area contributed by atoms with Gasteiger partial charge in [-0.1, -0.05) is 30.3 Å². The van der Waals surface area contributed by atoms with Crippen molar-refractivity contribution in [3.8, 4) is 6.07 Å². The van der Waals surface area contributed by atoms with Gasteiger partial charge in [0.05, 0.1) is 6.07 Å². The van der Waals surface area contributed by atoms with Crippen LogP contribution in [0.15, 0.2) is 30.3 Å². The largest absolute Gasteiger partial charge is 0.358 e. The molecule has 0 aliphatic carbocycles. The minimum Gasteiger partial charge on any atom is -0.358 e. The third-order valence-electron chi connectivity index (χ3n) is 2.65. The van der Waals surface area contributed by atoms with Crippen LogP contribution in [-0.4, -0.2) is 24.5 Å². The van der Waals surface area contributed by atoms with Gasteiger partial charge in [0.15, 0.2) is 17.5 Å². The highest BCUT2D eigenvalue weighted by Crippen LogP contribution is 2.09. The van der Waals surface area contributed by atoms with E-state index in [4.69, 9.17) is 5.26 Å². The number of benzene rings is 1. The minimum absolute atomic E-state index is 0.00196. The number of carbonyl (C=O) groups excluding carboxylic acids is 3. The molecule has 1 aromatic rings. The van der Waals surface area contributed by atoms with Crippen LogP contribution in [-0.2, 0) is 9.59 Å². The van der Waals surface area contributed by atoms with E-state index >= 15 is 0 Å². The SMILES string of the molecule is CNC(=O)C(C#N)C(=O)CCC(=O)c1ccccc1. The first-order valence-corrected chi connectivity index (χ1v) is 5.82. The van der Waals surface area contributed by atoms with Crippen molar-refractivity contribution in [1.29, 1.82) is 5.26 Å². The molecule has 1 aromatic carbocycles. The monoisotopic (exact) mass is 258 g/mol. The van der Waals surface area contributed by atoms with Crippen molar-refractivity contribution in [1.82, 2.24) is 5.32 Å². The van der Waals surface area contributed by atoms with E-state index < -0.39 is 17.6 Å². The molecular weight excluding hydrogens is 244 g/mol. The fourth-order valence-electron chi connectivity index (χ4n) is 1.57. The lowest BCUT2D eigenvalue weighted by Crippen LogP contribution is -2.32. The van der Waals surface area contributed by atoms with Crippen LogP contribution < -0.4 is 5.32 Å².